The van der Waals surface area contributed by atoms with Crippen molar-refractivity contribution in [2.24, 2.45) is 0 Å². The molecular formula is C27H25FN4O2S. The van der Waals surface area contributed by atoms with Gasteiger partial charge in [-0.3, -0.25) is 19.1 Å². The number of carbonyl (C=O) groups is 1. The van der Waals surface area contributed by atoms with Crippen LogP contribution < -0.4 is 10.9 Å². The average Bonchev–Trinajstić information content (AvgIpc) is 3.40. The second-order valence-electron chi connectivity index (χ2n) is 8.69. The number of nitrogens with zero attached hydrogens (tertiary/aromatic N) is 2. The topological polar surface area (TPSA) is 70.1 Å². The summed E-state index contributed by atoms with van der Waals surface area (Å²) in [5.74, 6) is -0.610. The molecule has 1 atom stereocenters. The second-order valence-corrected chi connectivity index (χ2v) is 9.07. The number of carbonyl (C=O) groups excluding carboxylic acids is 1. The van der Waals surface area contributed by atoms with Crippen LogP contribution in [0.1, 0.15) is 34.8 Å². The summed E-state index contributed by atoms with van der Waals surface area (Å²) in [5, 5.41) is 3.46. The van der Waals surface area contributed by atoms with Crippen LogP contribution in [0.25, 0.3) is 16.6 Å². The number of amides is 1. The predicted molar refractivity (Wildman–Crippen MR) is 137 cm³/mol. The maximum absolute atomic E-state index is 13.3. The van der Waals surface area contributed by atoms with E-state index < -0.39 is 5.82 Å². The minimum atomic E-state index is -0.396. The molecule has 2 heterocycles. The van der Waals surface area contributed by atoms with Gasteiger partial charge in [0.1, 0.15) is 5.82 Å². The molecule has 2 N–H and O–H groups in total. The quantitative estimate of drug-likeness (QED) is 0.384. The Bertz CT molecular complexity index is 1480. The number of nitrogens with one attached hydrogen (secondary N) is 2. The normalized spacial score (nSPS) is 14.8. The van der Waals surface area contributed by atoms with Crippen molar-refractivity contribution in [2.75, 3.05) is 19.6 Å². The summed E-state index contributed by atoms with van der Waals surface area (Å²) < 4.78 is 14.8. The highest BCUT2D eigenvalue weighted by Gasteiger charge is 2.24. The summed E-state index contributed by atoms with van der Waals surface area (Å²) >= 11 is 5.40. The summed E-state index contributed by atoms with van der Waals surface area (Å²) in [6, 6.07) is 20.8. The lowest BCUT2D eigenvalue weighted by Gasteiger charge is -2.28. The van der Waals surface area contributed by atoms with Gasteiger partial charge in [0.2, 0.25) is 0 Å². The van der Waals surface area contributed by atoms with Crippen molar-refractivity contribution in [1.29, 1.82) is 0 Å². The highest BCUT2D eigenvalue weighted by molar-refractivity contribution is 7.71. The smallest absolute Gasteiger partial charge is 0.266 e. The zero-order valence-corrected chi connectivity index (χ0v) is 19.9. The van der Waals surface area contributed by atoms with Gasteiger partial charge in [0.05, 0.1) is 22.6 Å². The molecule has 8 heteroatoms. The fraction of sp³-hybridized carbons (Fsp3) is 0.222. The van der Waals surface area contributed by atoms with E-state index in [1.165, 1.54) is 34.4 Å². The first-order valence-electron chi connectivity index (χ1n) is 11.6. The molecule has 0 saturated carbocycles. The molecule has 178 valence electrons. The van der Waals surface area contributed by atoms with Gasteiger partial charge >= 0.3 is 0 Å². The van der Waals surface area contributed by atoms with Crippen LogP contribution in [-0.4, -0.2) is 40.0 Å². The maximum Gasteiger partial charge on any atom is 0.266 e. The number of hydrogen-bond acceptors (Lipinski definition) is 4. The van der Waals surface area contributed by atoms with E-state index in [0.29, 0.717) is 28.7 Å². The standard InChI is InChI=1S/C27H25FN4O2S/c28-20-9-11-21(12-10-20)32-26(34)22-13-8-19(16-23(22)30-27(32)35)25(33)29-17-24(31-14-4-5-15-31)18-6-2-1-3-7-18/h1-3,6-13,16,24H,4-5,14-15,17H2,(H,29,33)(H,30,35). The summed E-state index contributed by atoms with van der Waals surface area (Å²) in [6.45, 7) is 2.52. The molecule has 3 aromatic carbocycles. The molecule has 1 unspecified atom stereocenters. The van der Waals surface area contributed by atoms with Crippen molar-refractivity contribution in [3.63, 3.8) is 0 Å². The highest BCUT2D eigenvalue weighted by Crippen LogP contribution is 2.24. The van der Waals surface area contributed by atoms with Gasteiger partial charge in [0, 0.05) is 12.1 Å². The molecule has 0 spiro atoms. The number of benzene rings is 3. The monoisotopic (exact) mass is 488 g/mol. The molecule has 1 saturated heterocycles. The van der Waals surface area contributed by atoms with E-state index in [2.05, 4.69) is 27.3 Å². The SMILES string of the molecule is O=C(NCC(c1ccccc1)N1CCCC1)c1ccc2c(=O)n(-c3ccc(F)cc3)c(=S)[nH]c2c1. The van der Waals surface area contributed by atoms with Crippen LogP contribution in [0.3, 0.4) is 0 Å². The Hall–Kier alpha value is -3.62. The number of rotatable bonds is 6. The molecule has 1 aromatic heterocycles. The van der Waals surface area contributed by atoms with Gasteiger partial charge in [-0.15, -0.1) is 0 Å². The maximum atomic E-state index is 13.3. The lowest BCUT2D eigenvalue weighted by Crippen LogP contribution is -2.36. The van der Waals surface area contributed by atoms with Gasteiger partial charge in [-0.05, 0) is 86.2 Å². The molecule has 1 aliphatic rings. The number of likely N-dealkylation sites (tertiary alicyclic amines) is 1. The Balaban J connectivity index is 1.40. The number of aromatic amines is 1. The van der Waals surface area contributed by atoms with Crippen LogP contribution in [-0.2, 0) is 0 Å². The molecule has 35 heavy (non-hydrogen) atoms. The third-order valence-corrected chi connectivity index (χ3v) is 6.75. The number of hydrogen-bond donors (Lipinski definition) is 2. The Morgan fingerprint density at radius 2 is 1.74 bits per heavy atom. The van der Waals surface area contributed by atoms with E-state index >= 15 is 0 Å². The Labute approximate surface area is 207 Å². The highest BCUT2D eigenvalue weighted by atomic mass is 32.1. The summed E-state index contributed by atoms with van der Waals surface area (Å²) in [5.41, 5.74) is 2.23. The molecular weight excluding hydrogens is 463 g/mol. The molecule has 1 fully saturated rings. The van der Waals surface area contributed by atoms with Crippen LogP contribution in [0.15, 0.2) is 77.6 Å². The molecule has 1 amide bonds. The van der Waals surface area contributed by atoms with E-state index in [-0.39, 0.29) is 22.3 Å². The fourth-order valence-electron chi connectivity index (χ4n) is 4.66. The lowest BCUT2D eigenvalue weighted by molar-refractivity contribution is 0.0938. The van der Waals surface area contributed by atoms with Crippen LogP contribution in [0.5, 0.6) is 0 Å². The van der Waals surface area contributed by atoms with Crippen molar-refractivity contribution >= 4 is 29.0 Å². The van der Waals surface area contributed by atoms with Crippen molar-refractivity contribution in [3.05, 3.63) is 105 Å². The average molecular weight is 489 g/mol. The largest absolute Gasteiger partial charge is 0.350 e. The fourth-order valence-corrected chi connectivity index (χ4v) is 4.96. The second kappa shape index (κ2) is 9.93. The van der Waals surface area contributed by atoms with E-state index in [1.807, 2.05) is 18.2 Å². The van der Waals surface area contributed by atoms with Gasteiger partial charge in [-0.25, -0.2) is 4.39 Å². The van der Waals surface area contributed by atoms with Crippen molar-refractivity contribution in [1.82, 2.24) is 19.8 Å². The third kappa shape index (κ3) is 4.80. The number of aromatic nitrogens is 2. The van der Waals surface area contributed by atoms with Crippen LogP contribution in [0.2, 0.25) is 0 Å². The molecule has 0 radical (unpaired) electrons. The van der Waals surface area contributed by atoms with Crippen molar-refractivity contribution in [3.8, 4) is 5.69 Å². The minimum Gasteiger partial charge on any atom is -0.350 e. The van der Waals surface area contributed by atoms with Crippen molar-refractivity contribution < 1.29 is 9.18 Å². The predicted octanol–water partition coefficient (Wildman–Crippen LogP) is 4.75. The van der Waals surface area contributed by atoms with Gasteiger partial charge in [0.15, 0.2) is 4.77 Å². The van der Waals surface area contributed by atoms with E-state index in [0.717, 1.165) is 25.9 Å². The Morgan fingerprint density at radius 1 is 1.03 bits per heavy atom. The molecule has 4 aromatic rings. The minimum absolute atomic E-state index is 0.108. The number of fused-ring (bicyclic) bond motifs is 1. The van der Waals surface area contributed by atoms with Gasteiger partial charge < -0.3 is 10.3 Å². The third-order valence-electron chi connectivity index (χ3n) is 6.47. The van der Waals surface area contributed by atoms with E-state index in [4.69, 9.17) is 12.2 Å². The van der Waals surface area contributed by atoms with Crippen LogP contribution in [0.4, 0.5) is 4.39 Å². The summed E-state index contributed by atoms with van der Waals surface area (Å²) in [7, 11) is 0. The van der Waals surface area contributed by atoms with E-state index in [1.54, 1.807) is 18.2 Å². The molecule has 1 aliphatic heterocycles. The number of H-pyrrole nitrogens is 1. The molecule has 5 rings (SSSR count). The lowest BCUT2D eigenvalue weighted by atomic mass is 10.1. The molecule has 6 nitrogen and oxygen atoms in total. The van der Waals surface area contributed by atoms with Crippen LogP contribution in [0, 0.1) is 10.6 Å². The van der Waals surface area contributed by atoms with Gasteiger partial charge in [-0.1, -0.05) is 30.3 Å². The Morgan fingerprint density at radius 3 is 2.46 bits per heavy atom. The molecule has 0 aliphatic carbocycles. The first kappa shape index (κ1) is 23.1. The van der Waals surface area contributed by atoms with Crippen molar-refractivity contribution in [2.45, 2.75) is 18.9 Å². The van der Waals surface area contributed by atoms with Gasteiger partial charge in [0.25, 0.3) is 11.5 Å². The number of halogens is 1. The van der Waals surface area contributed by atoms with E-state index in [9.17, 15) is 14.0 Å². The zero-order chi connectivity index (χ0) is 24.4. The summed E-state index contributed by atoms with van der Waals surface area (Å²) in [4.78, 5) is 31.6. The first-order valence-corrected chi connectivity index (χ1v) is 12.0. The van der Waals surface area contributed by atoms with Gasteiger partial charge in [-0.2, -0.15) is 0 Å². The molecule has 0 bridgehead atoms. The summed E-state index contributed by atoms with van der Waals surface area (Å²) in [6.07, 6.45) is 2.33. The van der Waals surface area contributed by atoms with Crippen LogP contribution >= 0.6 is 12.2 Å². The Kier molecular flexibility index (Phi) is 6.57. The zero-order valence-electron chi connectivity index (χ0n) is 19.0. The first-order chi connectivity index (χ1) is 17.0.